The van der Waals surface area contributed by atoms with Gasteiger partial charge < -0.3 is 9.52 Å². The van der Waals surface area contributed by atoms with Gasteiger partial charge in [-0.25, -0.2) is 9.78 Å². The van der Waals surface area contributed by atoms with Gasteiger partial charge in [-0.3, -0.25) is 4.79 Å². The fraction of sp³-hybridized carbons (Fsp3) is 0. The second-order valence-corrected chi connectivity index (χ2v) is 4.67. The molecule has 0 atom stereocenters. The molecule has 0 amide bonds. The van der Waals surface area contributed by atoms with Crippen LogP contribution in [0.25, 0.3) is 16.5 Å². The number of pyridine rings is 1. The van der Waals surface area contributed by atoms with Crippen LogP contribution in [0.4, 0.5) is 0 Å². The number of rotatable bonds is 3. The number of nitrogens with zero attached hydrogens (tertiary/aromatic N) is 1. The normalized spacial score (nSPS) is 10.5. The van der Waals surface area contributed by atoms with Crippen LogP contribution in [0, 0.1) is 0 Å². The summed E-state index contributed by atoms with van der Waals surface area (Å²) >= 11 is 0. The van der Waals surface area contributed by atoms with Gasteiger partial charge in [-0.1, -0.05) is 24.8 Å². The Kier molecular flexibility index (Phi) is 3.31. The summed E-state index contributed by atoms with van der Waals surface area (Å²) in [4.78, 5) is 27.5. The molecule has 108 valence electrons. The average molecular weight is 293 g/mol. The maximum atomic E-state index is 12.5. The zero-order valence-electron chi connectivity index (χ0n) is 11.4. The fourth-order valence-electron chi connectivity index (χ4n) is 2.15. The van der Waals surface area contributed by atoms with Crippen LogP contribution in [-0.2, 0) is 0 Å². The van der Waals surface area contributed by atoms with Crippen LogP contribution < -0.4 is 5.43 Å². The summed E-state index contributed by atoms with van der Waals surface area (Å²) in [6, 6.07) is 11.4. The lowest BCUT2D eigenvalue weighted by Crippen LogP contribution is -2.10. The Bertz CT molecular complexity index is 956. The molecule has 0 radical (unpaired) electrons. The number of benzene rings is 1. The topological polar surface area (TPSA) is 80.4 Å². The molecule has 5 nitrogen and oxygen atoms in total. The van der Waals surface area contributed by atoms with E-state index >= 15 is 0 Å². The van der Waals surface area contributed by atoms with Crippen LogP contribution in [0.2, 0.25) is 0 Å². The first-order valence-electron chi connectivity index (χ1n) is 6.48. The van der Waals surface area contributed by atoms with Gasteiger partial charge in [-0.15, -0.1) is 0 Å². The van der Waals surface area contributed by atoms with E-state index in [1.54, 1.807) is 36.4 Å². The van der Waals surface area contributed by atoms with Gasteiger partial charge in [0.2, 0.25) is 5.43 Å². The molecule has 0 aliphatic carbocycles. The summed E-state index contributed by atoms with van der Waals surface area (Å²) in [6.07, 6.45) is 1.32. The van der Waals surface area contributed by atoms with Crippen LogP contribution in [-0.4, -0.2) is 16.1 Å². The van der Waals surface area contributed by atoms with E-state index in [1.165, 1.54) is 12.3 Å². The lowest BCUT2D eigenvalue weighted by molar-refractivity contribution is 0.0690. The molecule has 0 saturated heterocycles. The molecule has 0 aliphatic heterocycles. The van der Waals surface area contributed by atoms with Crippen molar-refractivity contribution in [2.24, 2.45) is 0 Å². The maximum Gasteiger partial charge on any atom is 0.354 e. The van der Waals surface area contributed by atoms with Crippen molar-refractivity contribution in [2.75, 3.05) is 0 Å². The van der Waals surface area contributed by atoms with Gasteiger partial charge in [0, 0.05) is 5.57 Å². The van der Waals surface area contributed by atoms with Gasteiger partial charge in [-0.05, 0) is 24.3 Å². The Morgan fingerprint density at radius 3 is 2.59 bits per heavy atom. The number of carbonyl (C=O) groups is 1. The predicted molar refractivity (Wildman–Crippen MR) is 81.8 cm³/mol. The minimum atomic E-state index is -1.14. The lowest BCUT2D eigenvalue weighted by atomic mass is 10.0. The summed E-state index contributed by atoms with van der Waals surface area (Å²) in [6.45, 7) is 3.85. The maximum absolute atomic E-state index is 12.5. The smallest absolute Gasteiger partial charge is 0.354 e. The van der Waals surface area contributed by atoms with Gasteiger partial charge in [0.1, 0.15) is 17.5 Å². The van der Waals surface area contributed by atoms with E-state index in [1.807, 2.05) is 0 Å². The van der Waals surface area contributed by atoms with Crippen LogP contribution >= 0.6 is 0 Å². The highest BCUT2D eigenvalue weighted by molar-refractivity contribution is 5.87. The number of aromatic nitrogens is 1. The van der Waals surface area contributed by atoms with Crippen molar-refractivity contribution in [2.45, 2.75) is 0 Å². The molecule has 2 heterocycles. The predicted octanol–water partition coefficient (Wildman–Crippen LogP) is 2.95. The average Bonchev–Trinajstić information content (AvgIpc) is 2.55. The highest BCUT2D eigenvalue weighted by Crippen LogP contribution is 2.20. The zero-order valence-corrected chi connectivity index (χ0v) is 11.4. The minimum Gasteiger partial charge on any atom is -0.477 e. The molecule has 0 aliphatic rings. The second kappa shape index (κ2) is 5.29. The molecule has 0 fully saturated rings. The van der Waals surface area contributed by atoms with Gasteiger partial charge in [-0.2, -0.15) is 0 Å². The van der Waals surface area contributed by atoms with Gasteiger partial charge in [0.25, 0.3) is 0 Å². The molecule has 1 aromatic carbocycles. The Labute approximate surface area is 125 Å². The molecule has 3 rings (SSSR count). The van der Waals surface area contributed by atoms with E-state index in [0.717, 1.165) is 0 Å². The third-order valence-electron chi connectivity index (χ3n) is 3.28. The first kappa shape index (κ1) is 13.8. The summed E-state index contributed by atoms with van der Waals surface area (Å²) in [5, 5.41) is 9.43. The highest BCUT2D eigenvalue weighted by atomic mass is 16.4. The standard InChI is InChI=1S/C17H11NO4/c1-10(13-6-4-7-14(18-13)17(20)21)12-9-22-15-8-3-2-5-11(15)16(12)19/h2-9H,1H2,(H,20,21). The van der Waals surface area contributed by atoms with E-state index in [-0.39, 0.29) is 16.7 Å². The van der Waals surface area contributed by atoms with Crippen molar-refractivity contribution >= 4 is 22.5 Å². The van der Waals surface area contributed by atoms with E-state index in [2.05, 4.69) is 11.6 Å². The molecule has 22 heavy (non-hydrogen) atoms. The van der Waals surface area contributed by atoms with E-state index in [4.69, 9.17) is 9.52 Å². The monoisotopic (exact) mass is 293 g/mol. The molecule has 3 aromatic rings. The second-order valence-electron chi connectivity index (χ2n) is 4.67. The molecular formula is C17H11NO4. The number of hydrogen-bond acceptors (Lipinski definition) is 4. The Morgan fingerprint density at radius 2 is 1.82 bits per heavy atom. The van der Waals surface area contributed by atoms with Crippen molar-refractivity contribution in [1.82, 2.24) is 4.98 Å². The number of aromatic carboxylic acids is 1. The molecule has 1 N–H and O–H groups in total. The number of para-hydroxylation sites is 1. The quantitative estimate of drug-likeness (QED) is 0.803. The molecule has 0 unspecified atom stereocenters. The van der Waals surface area contributed by atoms with Crippen LogP contribution in [0.15, 0.2) is 64.5 Å². The van der Waals surface area contributed by atoms with Crippen LogP contribution in [0.3, 0.4) is 0 Å². The molecule has 0 bridgehead atoms. The fourth-order valence-corrected chi connectivity index (χ4v) is 2.15. The van der Waals surface area contributed by atoms with Crippen molar-refractivity contribution in [1.29, 1.82) is 0 Å². The van der Waals surface area contributed by atoms with Crippen LogP contribution in [0.5, 0.6) is 0 Å². The zero-order chi connectivity index (χ0) is 15.7. The highest BCUT2D eigenvalue weighted by Gasteiger charge is 2.13. The van der Waals surface area contributed by atoms with Crippen molar-refractivity contribution < 1.29 is 14.3 Å². The van der Waals surface area contributed by atoms with Gasteiger partial charge in [0.05, 0.1) is 16.6 Å². The number of carboxylic acids is 1. The number of carboxylic acid groups (broad SMARTS) is 1. The SMILES string of the molecule is C=C(c1cccc(C(=O)O)n1)c1coc2ccccc2c1=O. The molecule has 2 aromatic heterocycles. The first-order chi connectivity index (χ1) is 10.6. The van der Waals surface area contributed by atoms with Gasteiger partial charge >= 0.3 is 5.97 Å². The van der Waals surface area contributed by atoms with Gasteiger partial charge in [0.15, 0.2) is 0 Å². The van der Waals surface area contributed by atoms with Crippen LogP contribution in [0.1, 0.15) is 21.7 Å². The summed E-state index contributed by atoms with van der Waals surface area (Å²) < 4.78 is 5.44. The van der Waals surface area contributed by atoms with E-state index in [0.29, 0.717) is 22.2 Å². The Hall–Kier alpha value is -3.21. The minimum absolute atomic E-state index is 0.108. The largest absolute Gasteiger partial charge is 0.477 e. The first-order valence-corrected chi connectivity index (χ1v) is 6.48. The van der Waals surface area contributed by atoms with Crippen molar-refractivity contribution in [3.63, 3.8) is 0 Å². The third-order valence-corrected chi connectivity index (χ3v) is 3.28. The van der Waals surface area contributed by atoms with Crippen molar-refractivity contribution in [3.05, 3.63) is 82.5 Å². The molecule has 5 heteroatoms. The van der Waals surface area contributed by atoms with E-state index in [9.17, 15) is 9.59 Å². The molecule has 0 saturated carbocycles. The number of fused-ring (bicyclic) bond motifs is 1. The lowest BCUT2D eigenvalue weighted by Gasteiger charge is -2.06. The number of hydrogen-bond donors (Lipinski definition) is 1. The van der Waals surface area contributed by atoms with E-state index < -0.39 is 5.97 Å². The molecule has 0 spiro atoms. The van der Waals surface area contributed by atoms with Crippen molar-refractivity contribution in [3.8, 4) is 0 Å². The molecular weight excluding hydrogens is 282 g/mol. The third kappa shape index (κ3) is 2.29. The summed E-state index contributed by atoms with van der Waals surface area (Å²) in [5.41, 5.74) is 1.05. The Morgan fingerprint density at radius 1 is 1.09 bits per heavy atom. The summed E-state index contributed by atoms with van der Waals surface area (Å²) in [7, 11) is 0. The summed E-state index contributed by atoms with van der Waals surface area (Å²) in [5.74, 6) is -1.14. The Balaban J connectivity index is 2.13.